The van der Waals surface area contributed by atoms with Gasteiger partial charge in [-0.2, -0.15) is 9.41 Å². The van der Waals surface area contributed by atoms with Gasteiger partial charge < -0.3 is 26.1 Å². The quantitative estimate of drug-likeness (QED) is 0.0778. The Bertz CT molecular complexity index is 1760. The number of aromatic nitrogens is 1. The molecule has 2 fully saturated rings. The molecule has 0 saturated carbocycles. The van der Waals surface area contributed by atoms with E-state index in [0.717, 1.165) is 11.1 Å². The number of nitrogens with zero attached hydrogens (tertiary/aromatic N) is 4. The van der Waals surface area contributed by atoms with E-state index < -0.39 is 16.1 Å². The van der Waals surface area contributed by atoms with Gasteiger partial charge in [-0.05, 0) is 63.3 Å². The van der Waals surface area contributed by atoms with E-state index in [9.17, 15) is 18.0 Å². The van der Waals surface area contributed by atoms with Crippen molar-refractivity contribution in [3.8, 4) is 5.75 Å². The van der Waals surface area contributed by atoms with Crippen LogP contribution < -0.4 is 21.2 Å². The number of aryl methyl sites for hydroxylation is 1. The number of piperidine rings is 1. The SMILES string of the molecule is Cc1ccc2cccc(OCc3c(Cl)ccc(S(=O)(=O)N4CCC[C@H]4C(=O)NC4CCN(C(=O)CCCNC=NN)CC4)c3Cl)c2n1.Cl.Cl. The molecule has 268 valence electrons. The van der Waals surface area contributed by atoms with Gasteiger partial charge in [0.15, 0.2) is 0 Å². The number of carbonyl (C=O) groups is 2. The van der Waals surface area contributed by atoms with Gasteiger partial charge in [0, 0.05) is 60.3 Å². The lowest BCUT2D eigenvalue weighted by atomic mass is 10.0. The molecule has 0 radical (unpaired) electrons. The van der Waals surface area contributed by atoms with Crippen LogP contribution in [0.2, 0.25) is 10.0 Å². The molecule has 3 heterocycles. The smallest absolute Gasteiger partial charge is 0.245 e. The summed E-state index contributed by atoms with van der Waals surface area (Å²) < 4.78 is 35.3. The number of para-hydroxylation sites is 1. The van der Waals surface area contributed by atoms with Crippen molar-refractivity contribution in [1.82, 2.24) is 24.8 Å². The van der Waals surface area contributed by atoms with Crippen LogP contribution >= 0.6 is 48.0 Å². The summed E-state index contributed by atoms with van der Waals surface area (Å²) in [7, 11) is -4.16. The Balaban J connectivity index is 0.00000325. The second-order valence-corrected chi connectivity index (χ2v) is 14.3. The van der Waals surface area contributed by atoms with E-state index in [4.69, 9.17) is 33.8 Å². The number of fused-ring (bicyclic) bond motifs is 1. The van der Waals surface area contributed by atoms with Crippen LogP contribution in [0.15, 0.2) is 52.5 Å². The minimum Gasteiger partial charge on any atom is -0.487 e. The Morgan fingerprint density at radius 2 is 1.84 bits per heavy atom. The number of benzene rings is 2. The van der Waals surface area contributed by atoms with E-state index in [1.165, 1.54) is 22.8 Å². The van der Waals surface area contributed by atoms with Crippen molar-refractivity contribution in [3.63, 3.8) is 0 Å². The first-order valence-electron chi connectivity index (χ1n) is 15.6. The molecule has 2 aliphatic rings. The zero-order valence-corrected chi connectivity index (χ0v) is 30.9. The van der Waals surface area contributed by atoms with E-state index in [1.807, 2.05) is 31.2 Å². The number of hydrogen-bond donors (Lipinski definition) is 3. The van der Waals surface area contributed by atoms with Crippen LogP contribution in [0.4, 0.5) is 0 Å². The predicted octanol–water partition coefficient (Wildman–Crippen LogP) is 4.80. The van der Waals surface area contributed by atoms with E-state index >= 15 is 0 Å². The summed E-state index contributed by atoms with van der Waals surface area (Å²) in [5, 5.41) is 10.4. The number of likely N-dealkylation sites (tertiary alicyclic amines) is 1. The van der Waals surface area contributed by atoms with Crippen molar-refractivity contribution >= 4 is 87.1 Å². The van der Waals surface area contributed by atoms with Gasteiger partial charge in [0.1, 0.15) is 35.1 Å². The topological polar surface area (TPSA) is 159 Å². The zero-order valence-electron chi connectivity index (χ0n) is 26.9. The van der Waals surface area contributed by atoms with Crippen LogP contribution in [-0.2, 0) is 26.2 Å². The molecule has 1 aromatic heterocycles. The minimum atomic E-state index is -4.16. The molecule has 2 amide bonds. The molecule has 0 bridgehead atoms. The van der Waals surface area contributed by atoms with Crippen molar-refractivity contribution in [1.29, 1.82) is 0 Å². The largest absolute Gasteiger partial charge is 0.487 e. The Kier molecular flexibility index (Phi) is 15.0. The highest BCUT2D eigenvalue weighted by atomic mass is 35.5. The number of sulfonamides is 1. The van der Waals surface area contributed by atoms with Crippen molar-refractivity contribution in [3.05, 3.63) is 63.8 Å². The summed E-state index contributed by atoms with van der Waals surface area (Å²) in [6, 6.07) is 11.2. The Labute approximate surface area is 309 Å². The normalized spacial score (nSPS) is 17.0. The molecule has 17 heteroatoms. The molecule has 12 nitrogen and oxygen atoms in total. The van der Waals surface area contributed by atoms with Gasteiger partial charge in [-0.25, -0.2) is 13.4 Å². The molecule has 0 spiro atoms. The average Bonchev–Trinajstić information content (AvgIpc) is 3.56. The number of nitrogens with two attached hydrogens (primary N) is 1. The van der Waals surface area contributed by atoms with Crippen molar-refractivity contribution in [2.75, 3.05) is 26.2 Å². The molecule has 0 aliphatic carbocycles. The number of nitrogens with one attached hydrogen (secondary N) is 2. The van der Waals surface area contributed by atoms with Crippen molar-refractivity contribution in [2.24, 2.45) is 10.9 Å². The summed E-state index contributed by atoms with van der Waals surface area (Å²) in [6.07, 6.45) is 4.55. The zero-order chi connectivity index (χ0) is 33.6. The van der Waals surface area contributed by atoms with Crippen LogP contribution in [0.3, 0.4) is 0 Å². The highest BCUT2D eigenvalue weighted by Gasteiger charge is 2.41. The highest BCUT2D eigenvalue weighted by Crippen LogP contribution is 2.36. The maximum atomic E-state index is 14.0. The summed E-state index contributed by atoms with van der Waals surface area (Å²) in [4.78, 5) is 32.2. The Hall–Kier alpha value is -3.07. The number of hydrazone groups is 1. The Morgan fingerprint density at radius 3 is 2.57 bits per heavy atom. The molecular weight excluding hydrogens is 736 g/mol. The average molecular weight is 778 g/mol. The number of rotatable bonds is 12. The second-order valence-electron chi connectivity index (χ2n) is 11.7. The number of hydrogen-bond acceptors (Lipinski definition) is 8. The third-order valence-corrected chi connectivity index (χ3v) is 11.4. The molecule has 0 unspecified atom stereocenters. The van der Waals surface area contributed by atoms with Gasteiger partial charge in [0.2, 0.25) is 21.8 Å². The third kappa shape index (κ3) is 9.59. The first-order chi connectivity index (χ1) is 22.6. The van der Waals surface area contributed by atoms with Crippen LogP contribution in [0.25, 0.3) is 10.9 Å². The van der Waals surface area contributed by atoms with E-state index in [2.05, 4.69) is 20.7 Å². The van der Waals surface area contributed by atoms with E-state index in [0.29, 0.717) is 75.0 Å². The molecule has 4 N–H and O–H groups in total. The molecule has 2 aliphatic heterocycles. The Morgan fingerprint density at radius 1 is 1.08 bits per heavy atom. The second kappa shape index (κ2) is 18.2. The van der Waals surface area contributed by atoms with Gasteiger partial charge in [0.05, 0.1) is 5.02 Å². The fourth-order valence-corrected chi connectivity index (χ4v) is 8.52. The third-order valence-electron chi connectivity index (χ3n) is 8.51. The lowest BCUT2D eigenvalue weighted by Crippen LogP contribution is -2.52. The molecule has 49 heavy (non-hydrogen) atoms. The predicted molar refractivity (Wildman–Crippen MR) is 196 cm³/mol. The van der Waals surface area contributed by atoms with E-state index in [-0.39, 0.29) is 70.8 Å². The first-order valence-corrected chi connectivity index (χ1v) is 17.8. The van der Waals surface area contributed by atoms with Gasteiger partial charge in [0.25, 0.3) is 0 Å². The van der Waals surface area contributed by atoms with Crippen LogP contribution in [-0.4, -0.2) is 79.0 Å². The fraction of sp³-hybridized carbons (Fsp3) is 0.438. The molecular formula is C32H41Cl4N7O5S. The molecule has 3 aromatic rings. The molecule has 2 saturated heterocycles. The summed E-state index contributed by atoms with van der Waals surface area (Å²) in [5.74, 6) is 5.27. The fourth-order valence-electron chi connectivity index (χ4n) is 6.00. The van der Waals surface area contributed by atoms with Gasteiger partial charge in [-0.1, -0.05) is 41.4 Å². The number of amides is 2. The van der Waals surface area contributed by atoms with E-state index in [1.54, 1.807) is 11.0 Å². The van der Waals surface area contributed by atoms with Crippen LogP contribution in [0, 0.1) is 6.92 Å². The monoisotopic (exact) mass is 775 g/mol. The molecule has 1 atom stereocenters. The number of halogens is 4. The van der Waals surface area contributed by atoms with Crippen molar-refractivity contribution < 1.29 is 22.7 Å². The maximum absolute atomic E-state index is 14.0. The standard InChI is InChI=1S/C32H39Cl2N7O5S.2ClH/c1-21-9-10-22-5-2-7-27(31(22)38-21)46-19-24-25(33)11-12-28(30(24)34)47(44,45)41-16-4-6-26(41)32(43)39-23-13-17-40(18-14-23)29(42)8-3-15-36-20-37-35;;/h2,5,7,9-12,20,23,26H,3-4,6,8,13-19,35H2,1H3,(H,36,37)(H,39,43);2*1H/t26-;;/m0../s1. The minimum absolute atomic E-state index is 0. The maximum Gasteiger partial charge on any atom is 0.245 e. The van der Waals surface area contributed by atoms with Gasteiger partial charge in [-0.15, -0.1) is 24.8 Å². The van der Waals surface area contributed by atoms with Crippen molar-refractivity contribution in [2.45, 2.75) is 69.0 Å². The first kappa shape index (κ1) is 40.4. The van der Waals surface area contributed by atoms with Crippen LogP contribution in [0.1, 0.15) is 49.8 Å². The molecule has 2 aromatic carbocycles. The van der Waals surface area contributed by atoms with Crippen LogP contribution in [0.5, 0.6) is 5.75 Å². The lowest BCUT2D eigenvalue weighted by molar-refractivity contribution is -0.132. The number of pyridine rings is 1. The molecule has 5 rings (SSSR count). The summed E-state index contributed by atoms with van der Waals surface area (Å²) in [6.45, 7) is 3.63. The van der Waals surface area contributed by atoms with Gasteiger partial charge in [-0.3, -0.25) is 9.59 Å². The summed E-state index contributed by atoms with van der Waals surface area (Å²) in [5.41, 5.74) is 1.83. The number of ether oxygens (including phenoxy) is 1. The number of carbonyl (C=O) groups excluding carboxylic acids is 2. The highest BCUT2D eigenvalue weighted by molar-refractivity contribution is 7.89. The van der Waals surface area contributed by atoms with Gasteiger partial charge >= 0.3 is 0 Å². The summed E-state index contributed by atoms with van der Waals surface area (Å²) >= 11 is 13.2. The lowest BCUT2D eigenvalue weighted by Gasteiger charge is -2.33.